The Bertz CT molecular complexity index is 252. The Kier molecular flexibility index (Phi) is 3.13. The van der Waals surface area contributed by atoms with Gasteiger partial charge in [0.15, 0.2) is 0 Å². The zero-order valence-corrected chi connectivity index (χ0v) is 8.86. The van der Waals surface area contributed by atoms with Crippen molar-refractivity contribution in [3.05, 3.63) is 0 Å². The minimum Gasteiger partial charge on any atom is -0.480 e. The van der Waals surface area contributed by atoms with Gasteiger partial charge in [0.05, 0.1) is 0 Å². The molecule has 1 rings (SSSR count). The first-order chi connectivity index (χ1) is 6.49. The van der Waals surface area contributed by atoms with Gasteiger partial charge in [0.1, 0.15) is 6.04 Å². The highest BCUT2D eigenvalue weighted by atomic mass is 16.4. The van der Waals surface area contributed by atoms with Gasteiger partial charge in [0.25, 0.3) is 0 Å². The van der Waals surface area contributed by atoms with Gasteiger partial charge in [-0.2, -0.15) is 0 Å². The Labute approximate surface area is 83.9 Å². The van der Waals surface area contributed by atoms with Crippen molar-refractivity contribution in [3.63, 3.8) is 0 Å². The molecule has 0 radical (unpaired) electrons. The molecule has 0 aliphatic heterocycles. The number of carbonyl (C=O) groups excluding carboxylic acids is 1. The fourth-order valence-electron chi connectivity index (χ4n) is 1.70. The fraction of sp³-hybridized carbons (Fsp3) is 0.800. The van der Waals surface area contributed by atoms with Crippen molar-refractivity contribution < 1.29 is 14.7 Å². The molecule has 1 saturated carbocycles. The largest absolute Gasteiger partial charge is 0.480 e. The van der Waals surface area contributed by atoms with Crippen molar-refractivity contribution in [1.82, 2.24) is 4.90 Å². The summed E-state index contributed by atoms with van der Waals surface area (Å²) < 4.78 is 0. The third-order valence-electron chi connectivity index (χ3n) is 2.91. The summed E-state index contributed by atoms with van der Waals surface area (Å²) in [7, 11) is 1.58. The first-order valence-corrected chi connectivity index (χ1v) is 4.98. The molecule has 4 nitrogen and oxygen atoms in total. The van der Waals surface area contributed by atoms with E-state index in [4.69, 9.17) is 5.11 Å². The van der Waals surface area contributed by atoms with E-state index in [1.54, 1.807) is 14.0 Å². The van der Waals surface area contributed by atoms with E-state index in [1.807, 2.05) is 6.92 Å². The molecule has 4 heteroatoms. The molecule has 1 aliphatic rings. The van der Waals surface area contributed by atoms with Crippen LogP contribution >= 0.6 is 0 Å². The molecule has 3 atom stereocenters. The summed E-state index contributed by atoms with van der Waals surface area (Å²) in [5.41, 5.74) is 0. The maximum absolute atomic E-state index is 11.7. The molecule has 0 bridgehead atoms. The highest BCUT2D eigenvalue weighted by Crippen LogP contribution is 2.39. The molecule has 1 aliphatic carbocycles. The third-order valence-corrected chi connectivity index (χ3v) is 2.91. The molecule has 14 heavy (non-hydrogen) atoms. The van der Waals surface area contributed by atoms with Crippen LogP contribution in [0.25, 0.3) is 0 Å². The minimum atomic E-state index is -0.920. The quantitative estimate of drug-likeness (QED) is 0.733. The van der Waals surface area contributed by atoms with Gasteiger partial charge < -0.3 is 10.0 Å². The van der Waals surface area contributed by atoms with Crippen LogP contribution in [-0.2, 0) is 9.59 Å². The van der Waals surface area contributed by atoms with Crippen LogP contribution < -0.4 is 0 Å². The molecule has 0 saturated heterocycles. The Hall–Kier alpha value is -1.06. The summed E-state index contributed by atoms with van der Waals surface area (Å²) in [5.74, 6) is -0.451. The van der Waals surface area contributed by atoms with Crippen molar-refractivity contribution >= 4 is 11.9 Å². The molecule has 80 valence electrons. The average Bonchev–Trinajstić information content (AvgIpc) is 2.81. The van der Waals surface area contributed by atoms with Gasteiger partial charge in [-0.15, -0.1) is 0 Å². The van der Waals surface area contributed by atoms with Gasteiger partial charge in [-0.1, -0.05) is 13.8 Å². The maximum Gasteiger partial charge on any atom is 0.326 e. The predicted molar refractivity (Wildman–Crippen MR) is 51.8 cm³/mol. The highest BCUT2D eigenvalue weighted by Gasteiger charge is 2.42. The number of hydrogen-bond acceptors (Lipinski definition) is 2. The second-order valence-electron chi connectivity index (χ2n) is 4.03. The zero-order valence-electron chi connectivity index (χ0n) is 8.86. The lowest BCUT2D eigenvalue weighted by molar-refractivity contribution is -0.149. The van der Waals surface area contributed by atoms with Gasteiger partial charge >= 0.3 is 5.97 Å². The minimum absolute atomic E-state index is 0.0215. The molecular formula is C10H17NO3. The standard InChI is InChI=1S/C10H17NO3/c1-4-8(10(13)14)11(3)9(12)7-5-6(7)2/h6-8H,4-5H2,1-3H3,(H,13,14). The Balaban J connectivity index is 2.58. The van der Waals surface area contributed by atoms with Crippen LogP contribution in [0.1, 0.15) is 26.7 Å². The highest BCUT2D eigenvalue weighted by molar-refractivity contribution is 5.86. The summed E-state index contributed by atoms with van der Waals surface area (Å²) in [6, 6.07) is -0.671. The van der Waals surface area contributed by atoms with Crippen molar-refractivity contribution in [2.75, 3.05) is 7.05 Å². The number of carboxylic acids is 1. The fourth-order valence-corrected chi connectivity index (χ4v) is 1.70. The van der Waals surface area contributed by atoms with Crippen LogP contribution in [0.15, 0.2) is 0 Å². The lowest BCUT2D eigenvalue weighted by Crippen LogP contribution is -2.42. The van der Waals surface area contributed by atoms with Gasteiger partial charge in [-0.25, -0.2) is 4.79 Å². The lowest BCUT2D eigenvalue weighted by atomic mass is 10.2. The molecule has 0 aromatic rings. The summed E-state index contributed by atoms with van der Waals surface area (Å²) in [6.45, 7) is 3.79. The Morgan fingerprint density at radius 3 is 2.36 bits per heavy atom. The van der Waals surface area contributed by atoms with Crippen LogP contribution in [0, 0.1) is 11.8 Å². The van der Waals surface area contributed by atoms with Crippen LogP contribution in [-0.4, -0.2) is 35.0 Å². The molecule has 3 unspecified atom stereocenters. The number of amides is 1. The summed E-state index contributed by atoms with van der Waals surface area (Å²) in [5, 5.41) is 8.87. The molecule has 1 N–H and O–H groups in total. The molecule has 1 amide bonds. The van der Waals surface area contributed by atoms with Crippen LogP contribution in [0.5, 0.6) is 0 Å². The van der Waals surface area contributed by atoms with Gasteiger partial charge in [0, 0.05) is 13.0 Å². The van der Waals surface area contributed by atoms with Crippen molar-refractivity contribution in [2.45, 2.75) is 32.7 Å². The van der Waals surface area contributed by atoms with Crippen molar-refractivity contribution in [2.24, 2.45) is 11.8 Å². The molecule has 0 heterocycles. The first-order valence-electron chi connectivity index (χ1n) is 4.98. The van der Waals surface area contributed by atoms with E-state index in [9.17, 15) is 9.59 Å². The van der Waals surface area contributed by atoms with Crippen LogP contribution in [0.3, 0.4) is 0 Å². The lowest BCUT2D eigenvalue weighted by Gasteiger charge is -2.23. The van der Waals surface area contributed by atoms with E-state index in [2.05, 4.69) is 0 Å². The van der Waals surface area contributed by atoms with Crippen LogP contribution in [0.2, 0.25) is 0 Å². The molecule has 0 spiro atoms. The van der Waals surface area contributed by atoms with Crippen molar-refractivity contribution in [3.8, 4) is 0 Å². The van der Waals surface area contributed by atoms with Gasteiger partial charge in [-0.3, -0.25) is 4.79 Å². The Morgan fingerprint density at radius 2 is 2.07 bits per heavy atom. The molecule has 1 fully saturated rings. The van der Waals surface area contributed by atoms with E-state index >= 15 is 0 Å². The number of carboxylic acid groups (broad SMARTS) is 1. The summed E-state index contributed by atoms with van der Waals surface area (Å²) in [6.07, 6.45) is 1.36. The van der Waals surface area contributed by atoms with E-state index in [1.165, 1.54) is 4.90 Å². The maximum atomic E-state index is 11.7. The number of likely N-dealkylation sites (N-methyl/N-ethyl adjacent to an activating group) is 1. The number of nitrogens with zero attached hydrogens (tertiary/aromatic N) is 1. The average molecular weight is 199 g/mol. The summed E-state index contributed by atoms with van der Waals surface area (Å²) >= 11 is 0. The van der Waals surface area contributed by atoms with Crippen molar-refractivity contribution in [1.29, 1.82) is 0 Å². The topological polar surface area (TPSA) is 57.6 Å². The van der Waals surface area contributed by atoms with E-state index in [-0.39, 0.29) is 11.8 Å². The SMILES string of the molecule is CCC(C(=O)O)N(C)C(=O)C1CC1C. The van der Waals surface area contributed by atoms with Gasteiger partial charge in [-0.05, 0) is 18.8 Å². The summed E-state index contributed by atoms with van der Waals surface area (Å²) in [4.78, 5) is 23.9. The van der Waals surface area contributed by atoms with E-state index < -0.39 is 12.0 Å². The second-order valence-corrected chi connectivity index (χ2v) is 4.03. The third kappa shape index (κ3) is 2.05. The van der Waals surface area contributed by atoms with E-state index in [0.717, 1.165) is 6.42 Å². The number of hydrogen-bond donors (Lipinski definition) is 1. The first kappa shape index (κ1) is 11.0. The molecule has 0 aromatic heterocycles. The predicted octanol–water partition coefficient (Wildman–Crippen LogP) is 0.964. The zero-order chi connectivity index (χ0) is 10.9. The normalized spacial score (nSPS) is 26.8. The smallest absolute Gasteiger partial charge is 0.326 e. The molecular weight excluding hydrogens is 182 g/mol. The monoisotopic (exact) mass is 199 g/mol. The number of rotatable bonds is 4. The van der Waals surface area contributed by atoms with Gasteiger partial charge in [0.2, 0.25) is 5.91 Å². The number of aliphatic carboxylic acids is 1. The molecule has 0 aromatic carbocycles. The second kappa shape index (κ2) is 3.98. The number of carbonyl (C=O) groups is 2. The Morgan fingerprint density at radius 1 is 1.57 bits per heavy atom. The van der Waals surface area contributed by atoms with Crippen LogP contribution in [0.4, 0.5) is 0 Å². The van der Waals surface area contributed by atoms with E-state index in [0.29, 0.717) is 12.3 Å².